The minimum atomic E-state index is -0.876. The Morgan fingerprint density at radius 2 is 2.09 bits per heavy atom. The van der Waals surface area contributed by atoms with Crippen LogP contribution in [0, 0.1) is 0 Å². The molecule has 2 atom stereocenters. The smallest absolute Gasteiger partial charge is 0.0931 e. The van der Waals surface area contributed by atoms with Crippen LogP contribution in [0.4, 0.5) is 0 Å². The Kier molecular flexibility index (Phi) is 6.37. The molecule has 5 heteroatoms. The third-order valence-electron chi connectivity index (χ3n) is 4.02. The molecule has 3 rings (SSSR count). The van der Waals surface area contributed by atoms with E-state index in [1.807, 2.05) is 6.07 Å². The zero-order valence-corrected chi connectivity index (χ0v) is 14.9. The van der Waals surface area contributed by atoms with Gasteiger partial charge in [0.25, 0.3) is 0 Å². The summed E-state index contributed by atoms with van der Waals surface area (Å²) < 4.78 is 17.9. The molecule has 2 aromatic rings. The van der Waals surface area contributed by atoms with Crippen LogP contribution >= 0.6 is 11.3 Å². The van der Waals surface area contributed by atoms with E-state index in [9.17, 15) is 4.21 Å². The first kappa shape index (κ1) is 16.8. The fraction of sp³-hybridized carbons (Fsp3) is 0.500. The number of nitrogens with zero attached hydrogens (tertiary/aromatic N) is 1. The van der Waals surface area contributed by atoms with E-state index in [4.69, 9.17) is 4.74 Å². The van der Waals surface area contributed by atoms with Gasteiger partial charge in [-0.05, 0) is 31.2 Å². The molecule has 0 bridgehead atoms. The summed E-state index contributed by atoms with van der Waals surface area (Å²) in [5.41, 5.74) is 2.30. The van der Waals surface area contributed by atoms with Crippen molar-refractivity contribution in [2.75, 3.05) is 12.4 Å². The van der Waals surface area contributed by atoms with Crippen molar-refractivity contribution in [2.24, 2.45) is 0 Å². The van der Waals surface area contributed by atoms with Crippen molar-refractivity contribution in [3.8, 4) is 0 Å². The molecule has 3 nitrogen and oxygen atoms in total. The highest BCUT2D eigenvalue weighted by atomic mass is 32.2. The molecule has 0 N–H and O–H groups in total. The van der Waals surface area contributed by atoms with Gasteiger partial charge < -0.3 is 4.74 Å². The molecule has 0 aliphatic carbocycles. The minimum Gasteiger partial charge on any atom is -0.377 e. The van der Waals surface area contributed by atoms with Gasteiger partial charge in [-0.3, -0.25) is 4.21 Å². The lowest BCUT2D eigenvalue weighted by atomic mass is 10.1. The third kappa shape index (κ3) is 5.52. The van der Waals surface area contributed by atoms with Crippen LogP contribution in [-0.4, -0.2) is 27.7 Å². The second-order valence-corrected chi connectivity index (χ2v) is 8.40. The van der Waals surface area contributed by atoms with Crippen molar-refractivity contribution >= 4 is 22.1 Å². The lowest BCUT2D eigenvalue weighted by Crippen LogP contribution is -2.25. The Hall–Kier alpha value is -1.04. The molecule has 1 aliphatic heterocycles. The van der Waals surface area contributed by atoms with E-state index < -0.39 is 10.8 Å². The van der Waals surface area contributed by atoms with E-state index in [2.05, 4.69) is 34.6 Å². The van der Waals surface area contributed by atoms with Gasteiger partial charge in [-0.1, -0.05) is 30.3 Å². The molecular formula is C18H23NO2S2. The first-order valence-corrected chi connectivity index (χ1v) is 10.6. The van der Waals surface area contributed by atoms with Crippen LogP contribution in [0.2, 0.25) is 0 Å². The van der Waals surface area contributed by atoms with Gasteiger partial charge >= 0.3 is 0 Å². The van der Waals surface area contributed by atoms with E-state index in [-0.39, 0.29) is 6.10 Å². The van der Waals surface area contributed by atoms with Crippen molar-refractivity contribution in [1.29, 1.82) is 0 Å². The normalized spacial score (nSPS) is 19.6. The molecule has 0 amide bonds. The Bertz CT molecular complexity index is 621. The maximum absolute atomic E-state index is 12.3. The predicted octanol–water partition coefficient (Wildman–Crippen LogP) is 3.75. The second kappa shape index (κ2) is 8.71. The number of hydrogen-bond donors (Lipinski definition) is 0. The summed E-state index contributed by atoms with van der Waals surface area (Å²) in [4.78, 5) is 4.64. The molecule has 1 fully saturated rings. The van der Waals surface area contributed by atoms with Gasteiger partial charge in [0.1, 0.15) is 0 Å². The third-order valence-corrected chi connectivity index (χ3v) is 6.34. The molecule has 0 saturated carbocycles. The molecule has 124 valence electrons. The number of hydrogen-bond acceptors (Lipinski definition) is 4. The standard InChI is InChI=1S/C18H23NO2S2/c20-23(14-17-8-4-5-11-21-17)13-16-12-22-18(19-16)10-9-15-6-2-1-3-7-15/h1-3,6-7,12,17H,4-5,8-11,13-14H2/t17-,23+/m1/s1. The van der Waals surface area contributed by atoms with Crippen LogP contribution in [0.5, 0.6) is 0 Å². The number of rotatable bonds is 7. The summed E-state index contributed by atoms with van der Waals surface area (Å²) in [6.45, 7) is 0.822. The number of aromatic nitrogens is 1. The highest BCUT2D eigenvalue weighted by Gasteiger charge is 2.17. The fourth-order valence-corrected chi connectivity index (χ4v) is 4.97. The van der Waals surface area contributed by atoms with E-state index >= 15 is 0 Å². The van der Waals surface area contributed by atoms with E-state index in [1.54, 1.807) is 11.3 Å². The topological polar surface area (TPSA) is 39.2 Å². The van der Waals surface area contributed by atoms with Gasteiger partial charge in [-0.15, -0.1) is 11.3 Å². The highest BCUT2D eigenvalue weighted by Crippen LogP contribution is 2.17. The number of aryl methyl sites for hydroxylation is 2. The van der Waals surface area contributed by atoms with Gasteiger partial charge in [0.15, 0.2) is 0 Å². The van der Waals surface area contributed by atoms with Crippen molar-refractivity contribution in [3.63, 3.8) is 0 Å². The Labute approximate surface area is 144 Å². The van der Waals surface area contributed by atoms with Crippen LogP contribution in [-0.2, 0) is 34.1 Å². The average molecular weight is 350 g/mol. The molecule has 0 radical (unpaired) electrons. The Morgan fingerprint density at radius 1 is 1.22 bits per heavy atom. The van der Waals surface area contributed by atoms with Crippen molar-refractivity contribution in [2.45, 2.75) is 44.0 Å². The predicted molar refractivity (Wildman–Crippen MR) is 96.3 cm³/mol. The summed E-state index contributed by atoms with van der Waals surface area (Å²) in [5, 5.41) is 3.19. The van der Waals surface area contributed by atoms with Gasteiger partial charge in [-0.25, -0.2) is 4.98 Å². The van der Waals surface area contributed by atoms with Gasteiger partial charge in [0, 0.05) is 29.2 Å². The maximum atomic E-state index is 12.3. The first-order valence-electron chi connectivity index (χ1n) is 8.23. The van der Waals surface area contributed by atoms with Gasteiger partial charge in [-0.2, -0.15) is 0 Å². The fourth-order valence-electron chi connectivity index (χ4n) is 2.80. The maximum Gasteiger partial charge on any atom is 0.0931 e. The molecule has 1 aliphatic rings. The van der Waals surface area contributed by atoms with Crippen LogP contribution in [0.1, 0.15) is 35.5 Å². The molecule has 0 spiro atoms. The molecule has 1 aromatic carbocycles. The Balaban J connectivity index is 1.45. The van der Waals surface area contributed by atoms with E-state index in [1.165, 1.54) is 12.0 Å². The molecule has 1 saturated heterocycles. The average Bonchev–Trinajstić information content (AvgIpc) is 3.02. The van der Waals surface area contributed by atoms with Crippen molar-refractivity contribution < 1.29 is 8.95 Å². The summed E-state index contributed by atoms with van der Waals surface area (Å²) in [6, 6.07) is 10.5. The zero-order valence-electron chi connectivity index (χ0n) is 13.3. The molecule has 2 heterocycles. The Morgan fingerprint density at radius 3 is 2.87 bits per heavy atom. The van der Waals surface area contributed by atoms with Crippen LogP contribution in [0.15, 0.2) is 35.7 Å². The van der Waals surface area contributed by atoms with E-state index in [0.717, 1.165) is 43.0 Å². The SMILES string of the molecule is O=[S@@](Cc1csc(CCc2ccccc2)n1)C[C@H]1CCCCO1. The highest BCUT2D eigenvalue weighted by molar-refractivity contribution is 7.84. The lowest BCUT2D eigenvalue weighted by Gasteiger charge is -2.21. The number of ether oxygens (including phenoxy) is 1. The van der Waals surface area contributed by atoms with Crippen LogP contribution in [0.3, 0.4) is 0 Å². The first-order chi connectivity index (χ1) is 11.3. The summed E-state index contributed by atoms with van der Waals surface area (Å²) in [6.07, 6.45) is 5.52. The van der Waals surface area contributed by atoms with E-state index in [0.29, 0.717) is 11.5 Å². The quantitative estimate of drug-likeness (QED) is 0.764. The summed E-state index contributed by atoms with van der Waals surface area (Å²) in [5.74, 6) is 1.21. The molecule has 23 heavy (non-hydrogen) atoms. The number of thiazole rings is 1. The van der Waals surface area contributed by atoms with Crippen LogP contribution < -0.4 is 0 Å². The van der Waals surface area contributed by atoms with Gasteiger partial charge in [0.05, 0.1) is 28.3 Å². The van der Waals surface area contributed by atoms with Crippen molar-refractivity contribution in [1.82, 2.24) is 4.98 Å². The second-order valence-electron chi connectivity index (χ2n) is 5.96. The van der Waals surface area contributed by atoms with Crippen molar-refractivity contribution in [3.05, 3.63) is 52.0 Å². The zero-order chi connectivity index (χ0) is 15.9. The molecule has 0 unspecified atom stereocenters. The summed E-state index contributed by atoms with van der Waals surface area (Å²) in [7, 11) is -0.876. The minimum absolute atomic E-state index is 0.181. The van der Waals surface area contributed by atoms with Gasteiger partial charge in [0.2, 0.25) is 0 Å². The molecular weight excluding hydrogens is 326 g/mol. The number of benzene rings is 1. The largest absolute Gasteiger partial charge is 0.377 e. The van der Waals surface area contributed by atoms with Crippen LogP contribution in [0.25, 0.3) is 0 Å². The monoisotopic (exact) mass is 349 g/mol. The summed E-state index contributed by atoms with van der Waals surface area (Å²) >= 11 is 1.68. The lowest BCUT2D eigenvalue weighted by molar-refractivity contribution is 0.0310. The molecule has 1 aromatic heterocycles.